The first-order chi connectivity index (χ1) is 8.61. The number of aliphatic hydroxyl groups excluding tert-OH is 1. The van der Waals surface area contributed by atoms with E-state index < -0.39 is 0 Å². The molecule has 1 heterocycles. The van der Waals surface area contributed by atoms with Crippen molar-refractivity contribution < 1.29 is 5.11 Å². The topological polar surface area (TPSA) is 45.2 Å². The van der Waals surface area contributed by atoms with Gasteiger partial charge in [-0.2, -0.15) is 0 Å². The van der Waals surface area contributed by atoms with E-state index in [4.69, 9.17) is 4.98 Å². The molecular weight excluding hydrogens is 256 g/mol. The number of thiazole rings is 1. The van der Waals surface area contributed by atoms with Gasteiger partial charge in [0.05, 0.1) is 16.8 Å². The standard InChI is InChI=1S/C15H28N2OS/c1-9(8-10(2)18)16-11(3)13-12(4)17-14(19-13)15(5,6)7/h9-11,16,18H,8H2,1-7H3. The van der Waals surface area contributed by atoms with Crippen LogP contribution in [0, 0.1) is 6.92 Å². The largest absolute Gasteiger partial charge is 0.393 e. The number of nitrogens with one attached hydrogen (secondary N) is 1. The lowest BCUT2D eigenvalue weighted by molar-refractivity contribution is 0.168. The molecule has 1 aromatic heterocycles. The fourth-order valence-electron chi connectivity index (χ4n) is 2.21. The zero-order valence-corrected chi connectivity index (χ0v) is 14.1. The van der Waals surface area contributed by atoms with Gasteiger partial charge in [-0.15, -0.1) is 11.3 Å². The Morgan fingerprint density at radius 3 is 2.26 bits per heavy atom. The minimum absolute atomic E-state index is 0.110. The zero-order chi connectivity index (χ0) is 14.8. The maximum absolute atomic E-state index is 9.42. The van der Waals surface area contributed by atoms with Crippen LogP contribution in [-0.4, -0.2) is 22.2 Å². The number of aliphatic hydroxyl groups is 1. The highest BCUT2D eigenvalue weighted by atomic mass is 32.1. The second-order valence-electron chi connectivity index (χ2n) is 6.59. The Bertz CT molecular complexity index is 407. The zero-order valence-electron chi connectivity index (χ0n) is 13.2. The van der Waals surface area contributed by atoms with Gasteiger partial charge in [0.25, 0.3) is 0 Å². The van der Waals surface area contributed by atoms with Crippen molar-refractivity contribution in [1.29, 1.82) is 0 Å². The van der Waals surface area contributed by atoms with Gasteiger partial charge in [0.1, 0.15) is 0 Å². The summed E-state index contributed by atoms with van der Waals surface area (Å²) in [5.41, 5.74) is 1.23. The fraction of sp³-hybridized carbons (Fsp3) is 0.800. The lowest BCUT2D eigenvalue weighted by atomic mass is 9.98. The van der Waals surface area contributed by atoms with Crippen molar-refractivity contribution in [2.75, 3.05) is 0 Å². The third-order valence-corrected chi connectivity index (χ3v) is 4.86. The van der Waals surface area contributed by atoms with Crippen molar-refractivity contribution in [3.63, 3.8) is 0 Å². The summed E-state index contributed by atoms with van der Waals surface area (Å²) < 4.78 is 0. The summed E-state index contributed by atoms with van der Waals surface area (Å²) in [7, 11) is 0. The predicted octanol–water partition coefficient (Wildman–Crippen LogP) is 3.56. The number of aromatic nitrogens is 1. The molecule has 3 atom stereocenters. The molecule has 1 aromatic rings. The van der Waals surface area contributed by atoms with Gasteiger partial charge < -0.3 is 10.4 Å². The van der Waals surface area contributed by atoms with Crippen LogP contribution in [0.3, 0.4) is 0 Å². The summed E-state index contributed by atoms with van der Waals surface area (Å²) >= 11 is 1.80. The van der Waals surface area contributed by atoms with E-state index in [2.05, 4.69) is 46.9 Å². The van der Waals surface area contributed by atoms with Crippen molar-refractivity contribution in [2.24, 2.45) is 0 Å². The lowest BCUT2D eigenvalue weighted by Crippen LogP contribution is -2.31. The van der Waals surface area contributed by atoms with Crippen LogP contribution in [-0.2, 0) is 5.41 Å². The predicted molar refractivity (Wildman–Crippen MR) is 82.9 cm³/mol. The van der Waals surface area contributed by atoms with Crippen LogP contribution in [0.1, 0.15) is 69.6 Å². The number of hydrogen-bond donors (Lipinski definition) is 2. The average Bonchev–Trinajstić information content (AvgIpc) is 2.58. The Kier molecular flexibility index (Phi) is 5.53. The first-order valence-corrected chi connectivity index (χ1v) is 7.84. The van der Waals surface area contributed by atoms with Crippen LogP contribution in [0.5, 0.6) is 0 Å². The van der Waals surface area contributed by atoms with Crippen LogP contribution in [0.4, 0.5) is 0 Å². The molecule has 19 heavy (non-hydrogen) atoms. The molecule has 0 spiro atoms. The smallest absolute Gasteiger partial charge is 0.0985 e. The van der Waals surface area contributed by atoms with Gasteiger partial charge in [-0.1, -0.05) is 20.8 Å². The summed E-state index contributed by atoms with van der Waals surface area (Å²) in [5, 5.41) is 14.2. The quantitative estimate of drug-likeness (QED) is 0.869. The molecule has 1 rings (SSSR count). The van der Waals surface area contributed by atoms with E-state index in [-0.39, 0.29) is 17.6 Å². The van der Waals surface area contributed by atoms with E-state index >= 15 is 0 Å². The first kappa shape index (κ1) is 16.6. The van der Waals surface area contributed by atoms with Crippen LogP contribution < -0.4 is 5.32 Å². The minimum Gasteiger partial charge on any atom is -0.393 e. The van der Waals surface area contributed by atoms with Crippen molar-refractivity contribution in [2.45, 2.75) is 78.5 Å². The number of aryl methyl sites for hydroxylation is 1. The summed E-state index contributed by atoms with van der Waals surface area (Å²) in [5.74, 6) is 0. The van der Waals surface area contributed by atoms with Crippen molar-refractivity contribution in [3.05, 3.63) is 15.6 Å². The molecular formula is C15H28N2OS. The Hall–Kier alpha value is -0.450. The van der Waals surface area contributed by atoms with Gasteiger partial charge in [0, 0.05) is 22.4 Å². The van der Waals surface area contributed by atoms with E-state index in [1.54, 1.807) is 11.3 Å². The molecule has 0 amide bonds. The molecule has 0 aliphatic heterocycles. The summed E-state index contributed by atoms with van der Waals surface area (Å²) in [6.45, 7) is 14.8. The Labute approximate surface area is 121 Å². The summed E-state index contributed by atoms with van der Waals surface area (Å²) in [4.78, 5) is 6.01. The van der Waals surface area contributed by atoms with Crippen molar-refractivity contribution in [3.8, 4) is 0 Å². The monoisotopic (exact) mass is 284 g/mol. The van der Waals surface area contributed by atoms with Gasteiger partial charge in [-0.05, 0) is 34.1 Å². The molecule has 0 aliphatic rings. The van der Waals surface area contributed by atoms with E-state index in [0.29, 0.717) is 6.04 Å². The maximum Gasteiger partial charge on any atom is 0.0985 e. The average molecular weight is 284 g/mol. The molecule has 0 saturated heterocycles. The highest BCUT2D eigenvalue weighted by molar-refractivity contribution is 7.12. The van der Waals surface area contributed by atoms with Gasteiger partial charge in [0.2, 0.25) is 0 Å². The Morgan fingerprint density at radius 1 is 1.26 bits per heavy atom. The maximum atomic E-state index is 9.42. The van der Waals surface area contributed by atoms with Gasteiger partial charge >= 0.3 is 0 Å². The molecule has 3 unspecified atom stereocenters. The SMILES string of the molecule is Cc1nc(C(C)(C)C)sc1C(C)NC(C)CC(C)O. The van der Waals surface area contributed by atoms with Gasteiger partial charge in [-0.3, -0.25) is 0 Å². The third-order valence-electron chi connectivity index (χ3n) is 3.10. The highest BCUT2D eigenvalue weighted by Gasteiger charge is 2.23. The van der Waals surface area contributed by atoms with E-state index in [1.807, 2.05) is 6.92 Å². The fourth-order valence-corrected chi connectivity index (χ4v) is 3.35. The van der Waals surface area contributed by atoms with Gasteiger partial charge in [0.15, 0.2) is 0 Å². The van der Waals surface area contributed by atoms with Crippen LogP contribution in [0.25, 0.3) is 0 Å². The van der Waals surface area contributed by atoms with Crippen molar-refractivity contribution >= 4 is 11.3 Å². The molecule has 4 heteroatoms. The highest BCUT2D eigenvalue weighted by Crippen LogP contribution is 2.32. The Balaban J connectivity index is 2.77. The van der Waals surface area contributed by atoms with E-state index in [0.717, 1.165) is 12.1 Å². The molecule has 0 fully saturated rings. The normalized spacial score (nSPS) is 17.3. The number of hydrogen-bond acceptors (Lipinski definition) is 4. The van der Waals surface area contributed by atoms with E-state index in [9.17, 15) is 5.11 Å². The van der Waals surface area contributed by atoms with Crippen LogP contribution in [0.15, 0.2) is 0 Å². The number of nitrogens with zero attached hydrogens (tertiary/aromatic N) is 1. The molecule has 2 N–H and O–H groups in total. The minimum atomic E-state index is -0.262. The molecule has 110 valence electrons. The third kappa shape index (κ3) is 4.86. The molecule has 0 bridgehead atoms. The van der Waals surface area contributed by atoms with Gasteiger partial charge in [-0.25, -0.2) is 4.98 Å². The van der Waals surface area contributed by atoms with E-state index in [1.165, 1.54) is 9.88 Å². The Morgan fingerprint density at radius 2 is 1.84 bits per heavy atom. The molecule has 0 radical (unpaired) electrons. The van der Waals surface area contributed by atoms with Crippen LogP contribution in [0.2, 0.25) is 0 Å². The lowest BCUT2D eigenvalue weighted by Gasteiger charge is -2.20. The molecule has 0 aromatic carbocycles. The second-order valence-corrected chi connectivity index (χ2v) is 7.62. The number of rotatable bonds is 5. The van der Waals surface area contributed by atoms with Crippen LogP contribution >= 0.6 is 11.3 Å². The summed E-state index contributed by atoms with van der Waals surface area (Å²) in [6, 6.07) is 0.580. The van der Waals surface area contributed by atoms with Crippen molar-refractivity contribution in [1.82, 2.24) is 10.3 Å². The molecule has 3 nitrogen and oxygen atoms in total. The molecule has 0 aliphatic carbocycles. The second kappa shape index (κ2) is 6.33. The summed E-state index contributed by atoms with van der Waals surface area (Å²) in [6.07, 6.45) is 0.510. The first-order valence-electron chi connectivity index (χ1n) is 7.03. The molecule has 0 saturated carbocycles.